The van der Waals surface area contributed by atoms with Crippen LogP contribution in [0.25, 0.3) is 0 Å². The molecule has 134 valence electrons. The number of aromatic nitrogens is 2. The average Bonchev–Trinajstić information content (AvgIpc) is 2.93. The molecular formula is C15H30IN5O2. The summed E-state index contributed by atoms with van der Waals surface area (Å²) in [6.45, 7) is 10.4. The maximum Gasteiger partial charge on any atom is 0.226 e. The molecule has 0 saturated heterocycles. The predicted octanol–water partition coefficient (Wildman–Crippen LogP) is 2.33. The highest BCUT2D eigenvalue weighted by molar-refractivity contribution is 14.0. The van der Waals surface area contributed by atoms with Crippen LogP contribution in [-0.2, 0) is 11.2 Å². The number of aliphatic imine (C=N–C) groups is 1. The minimum absolute atomic E-state index is 0. The van der Waals surface area contributed by atoms with Crippen LogP contribution in [0.2, 0.25) is 0 Å². The van der Waals surface area contributed by atoms with E-state index >= 15 is 0 Å². The molecule has 1 rings (SSSR count). The molecule has 1 aromatic rings. The summed E-state index contributed by atoms with van der Waals surface area (Å²) in [7, 11) is 1.69. The lowest BCUT2D eigenvalue weighted by Gasteiger charge is -2.16. The number of nitrogens with zero attached hydrogens (tertiary/aromatic N) is 3. The second kappa shape index (κ2) is 12.5. The Hall–Kier alpha value is -0.900. The number of methoxy groups -OCH3 is 1. The Labute approximate surface area is 156 Å². The van der Waals surface area contributed by atoms with Crippen molar-refractivity contribution in [2.75, 3.05) is 26.8 Å². The van der Waals surface area contributed by atoms with Crippen molar-refractivity contribution in [3.05, 3.63) is 11.7 Å². The largest absolute Gasteiger partial charge is 0.383 e. The number of hydrogen-bond donors (Lipinski definition) is 2. The van der Waals surface area contributed by atoms with Gasteiger partial charge in [0.25, 0.3) is 0 Å². The van der Waals surface area contributed by atoms with Gasteiger partial charge >= 0.3 is 0 Å². The molecule has 8 heteroatoms. The summed E-state index contributed by atoms with van der Waals surface area (Å²) in [6, 6.07) is 0.215. The molecule has 0 aliphatic carbocycles. The van der Waals surface area contributed by atoms with Gasteiger partial charge in [-0.1, -0.05) is 19.0 Å². The second-order valence-corrected chi connectivity index (χ2v) is 5.57. The molecule has 0 aliphatic rings. The van der Waals surface area contributed by atoms with Gasteiger partial charge in [0.2, 0.25) is 5.89 Å². The summed E-state index contributed by atoms with van der Waals surface area (Å²) >= 11 is 0. The van der Waals surface area contributed by atoms with E-state index in [1.165, 1.54) is 0 Å². The van der Waals surface area contributed by atoms with Gasteiger partial charge in [0.1, 0.15) is 0 Å². The van der Waals surface area contributed by atoms with Crippen LogP contribution in [0.5, 0.6) is 0 Å². The number of guanidine groups is 1. The normalized spacial score (nSPS) is 12.9. The first-order chi connectivity index (χ1) is 10.6. The third kappa shape index (κ3) is 9.09. The smallest absolute Gasteiger partial charge is 0.226 e. The first-order valence-electron chi connectivity index (χ1n) is 7.93. The lowest BCUT2D eigenvalue weighted by atomic mass is 10.2. The van der Waals surface area contributed by atoms with Gasteiger partial charge in [-0.25, -0.2) is 0 Å². The molecule has 0 aromatic carbocycles. The molecule has 0 radical (unpaired) electrons. The highest BCUT2D eigenvalue weighted by Crippen LogP contribution is 2.10. The van der Waals surface area contributed by atoms with Crippen molar-refractivity contribution in [1.29, 1.82) is 0 Å². The van der Waals surface area contributed by atoms with Gasteiger partial charge in [0, 0.05) is 38.6 Å². The molecule has 0 saturated carbocycles. The molecule has 0 spiro atoms. The van der Waals surface area contributed by atoms with Crippen LogP contribution in [0.1, 0.15) is 51.7 Å². The van der Waals surface area contributed by atoms with Gasteiger partial charge < -0.3 is 19.9 Å². The number of nitrogens with one attached hydrogen (secondary N) is 2. The van der Waals surface area contributed by atoms with Crippen molar-refractivity contribution >= 4 is 29.9 Å². The van der Waals surface area contributed by atoms with E-state index in [0.717, 1.165) is 31.2 Å². The average molecular weight is 439 g/mol. The van der Waals surface area contributed by atoms with E-state index in [2.05, 4.69) is 46.5 Å². The van der Waals surface area contributed by atoms with E-state index in [4.69, 9.17) is 9.26 Å². The van der Waals surface area contributed by atoms with E-state index in [0.29, 0.717) is 25.0 Å². The Morgan fingerprint density at radius 1 is 1.35 bits per heavy atom. The van der Waals surface area contributed by atoms with E-state index in [1.54, 1.807) is 7.11 Å². The van der Waals surface area contributed by atoms with Crippen molar-refractivity contribution in [2.45, 2.75) is 52.5 Å². The van der Waals surface area contributed by atoms with E-state index in [1.807, 2.05) is 6.92 Å². The molecule has 7 nitrogen and oxygen atoms in total. The van der Waals surface area contributed by atoms with Crippen LogP contribution < -0.4 is 10.6 Å². The maximum absolute atomic E-state index is 5.22. The Balaban J connectivity index is 0.00000484. The monoisotopic (exact) mass is 439 g/mol. The zero-order valence-electron chi connectivity index (χ0n) is 14.8. The third-order valence-corrected chi connectivity index (χ3v) is 2.96. The molecule has 0 aliphatic heterocycles. The third-order valence-electron chi connectivity index (χ3n) is 2.96. The first kappa shape index (κ1) is 22.1. The molecule has 0 amide bonds. The summed E-state index contributed by atoms with van der Waals surface area (Å²) < 4.78 is 10.3. The minimum Gasteiger partial charge on any atom is -0.383 e. The lowest BCUT2D eigenvalue weighted by Crippen LogP contribution is -2.44. The maximum atomic E-state index is 5.22. The van der Waals surface area contributed by atoms with Gasteiger partial charge in [0.05, 0.1) is 6.61 Å². The summed E-state index contributed by atoms with van der Waals surface area (Å²) in [5.74, 6) is 2.55. The van der Waals surface area contributed by atoms with Crippen LogP contribution >= 0.6 is 24.0 Å². The summed E-state index contributed by atoms with van der Waals surface area (Å²) in [6.07, 6.45) is 1.62. The molecule has 1 heterocycles. The lowest BCUT2D eigenvalue weighted by molar-refractivity contribution is 0.179. The summed E-state index contributed by atoms with van der Waals surface area (Å²) in [5, 5.41) is 10.5. The van der Waals surface area contributed by atoms with Crippen molar-refractivity contribution in [2.24, 2.45) is 4.99 Å². The van der Waals surface area contributed by atoms with Crippen molar-refractivity contribution in [1.82, 2.24) is 20.8 Å². The molecule has 1 aromatic heterocycles. The number of halogens is 1. The summed E-state index contributed by atoms with van der Waals surface area (Å²) in [4.78, 5) is 8.90. The molecule has 1 unspecified atom stereocenters. The van der Waals surface area contributed by atoms with Gasteiger partial charge in [-0.05, 0) is 20.3 Å². The van der Waals surface area contributed by atoms with Gasteiger partial charge in [-0.3, -0.25) is 4.99 Å². The Morgan fingerprint density at radius 3 is 2.65 bits per heavy atom. The van der Waals surface area contributed by atoms with E-state index in [-0.39, 0.29) is 30.0 Å². The topological polar surface area (TPSA) is 84.6 Å². The van der Waals surface area contributed by atoms with E-state index in [9.17, 15) is 0 Å². The molecule has 23 heavy (non-hydrogen) atoms. The molecule has 0 bridgehead atoms. The fourth-order valence-corrected chi connectivity index (χ4v) is 1.87. The van der Waals surface area contributed by atoms with Crippen LogP contribution in [0.15, 0.2) is 9.52 Å². The van der Waals surface area contributed by atoms with Gasteiger partial charge in [0.15, 0.2) is 11.8 Å². The number of aryl methyl sites for hydroxylation is 1. The quantitative estimate of drug-likeness (QED) is 0.266. The Bertz CT molecular complexity index is 451. The van der Waals surface area contributed by atoms with Crippen LogP contribution in [0, 0.1) is 0 Å². The molecule has 1 atom stereocenters. The number of rotatable bonds is 9. The van der Waals surface area contributed by atoms with Crippen LogP contribution in [0.3, 0.4) is 0 Å². The minimum atomic E-state index is 0. The SMILES string of the molecule is CCNC(=NCCCc1nc(C(C)C)no1)NC(C)COC.I. The zero-order valence-corrected chi connectivity index (χ0v) is 17.1. The fraction of sp³-hybridized carbons (Fsp3) is 0.800. The van der Waals surface area contributed by atoms with Gasteiger partial charge in [-0.2, -0.15) is 4.98 Å². The highest BCUT2D eigenvalue weighted by atomic mass is 127. The zero-order chi connectivity index (χ0) is 16.4. The van der Waals surface area contributed by atoms with E-state index < -0.39 is 0 Å². The Morgan fingerprint density at radius 2 is 2.09 bits per heavy atom. The van der Waals surface area contributed by atoms with Crippen LogP contribution in [-0.4, -0.2) is 48.9 Å². The second-order valence-electron chi connectivity index (χ2n) is 5.57. The standard InChI is InChI=1S/C15H29N5O2.HI/c1-6-16-15(18-12(4)10-21-5)17-9-7-8-13-19-14(11(2)3)20-22-13;/h11-12H,6-10H2,1-5H3,(H2,16,17,18);1H. The van der Waals surface area contributed by atoms with Crippen molar-refractivity contribution in [3.8, 4) is 0 Å². The number of ether oxygens (including phenoxy) is 1. The summed E-state index contributed by atoms with van der Waals surface area (Å²) in [5.41, 5.74) is 0. The molecule has 2 N–H and O–H groups in total. The van der Waals surface area contributed by atoms with Gasteiger partial charge in [-0.15, -0.1) is 24.0 Å². The first-order valence-corrected chi connectivity index (χ1v) is 7.93. The fourth-order valence-electron chi connectivity index (χ4n) is 1.87. The van der Waals surface area contributed by atoms with Crippen LogP contribution in [0.4, 0.5) is 0 Å². The highest BCUT2D eigenvalue weighted by Gasteiger charge is 2.09. The molecule has 0 fully saturated rings. The molecular weight excluding hydrogens is 409 g/mol. The van der Waals surface area contributed by atoms with Crippen molar-refractivity contribution < 1.29 is 9.26 Å². The number of hydrogen-bond acceptors (Lipinski definition) is 5. The van der Waals surface area contributed by atoms with Crippen molar-refractivity contribution in [3.63, 3.8) is 0 Å². The Kier molecular flexibility index (Phi) is 12.0. The predicted molar refractivity (Wildman–Crippen MR) is 103 cm³/mol.